The second kappa shape index (κ2) is 10.6. The van der Waals surface area contributed by atoms with Crippen LogP contribution in [0.1, 0.15) is 18.4 Å². The van der Waals surface area contributed by atoms with E-state index in [1.807, 2.05) is 43.3 Å². The lowest BCUT2D eigenvalue weighted by atomic mass is 9.96. The molecule has 0 N–H and O–H groups in total. The van der Waals surface area contributed by atoms with Crippen molar-refractivity contribution in [2.45, 2.75) is 24.3 Å². The predicted octanol–water partition coefficient (Wildman–Crippen LogP) is 3.33. The zero-order valence-corrected chi connectivity index (χ0v) is 19.6. The molecule has 1 amide bonds. The smallest absolute Gasteiger partial charge is 0.243 e. The number of hydrogen-bond acceptors (Lipinski definition) is 4. The Hall–Kier alpha value is -1.93. The lowest BCUT2D eigenvalue weighted by Crippen LogP contribution is -2.45. The van der Waals surface area contributed by atoms with Gasteiger partial charge >= 0.3 is 0 Å². The number of carbonyl (C=O) groups is 1. The topological polar surface area (TPSA) is 60.9 Å². The van der Waals surface area contributed by atoms with Crippen LogP contribution in [0, 0.1) is 5.92 Å². The van der Waals surface area contributed by atoms with Gasteiger partial charge in [0.25, 0.3) is 0 Å². The first-order valence-corrected chi connectivity index (χ1v) is 12.3. The van der Waals surface area contributed by atoms with E-state index in [2.05, 4.69) is 4.90 Å². The van der Waals surface area contributed by atoms with Crippen LogP contribution in [0.4, 0.5) is 0 Å². The van der Waals surface area contributed by atoms with E-state index in [9.17, 15) is 13.2 Å². The van der Waals surface area contributed by atoms with Crippen LogP contribution >= 0.6 is 11.6 Å². The molecular weight excluding hydrogens is 434 g/mol. The van der Waals surface area contributed by atoms with E-state index in [0.29, 0.717) is 48.9 Å². The Balaban J connectivity index is 1.66. The fourth-order valence-electron chi connectivity index (χ4n) is 3.74. The maximum absolute atomic E-state index is 13.3. The van der Waals surface area contributed by atoms with Crippen molar-refractivity contribution in [3.05, 3.63) is 65.2 Å². The van der Waals surface area contributed by atoms with Crippen LogP contribution < -0.4 is 0 Å². The Bertz CT molecular complexity index is 957. The lowest BCUT2D eigenvalue weighted by Gasteiger charge is -2.34. The van der Waals surface area contributed by atoms with Gasteiger partial charge in [0, 0.05) is 43.7 Å². The van der Waals surface area contributed by atoms with Gasteiger partial charge in [-0.15, -0.1) is 0 Å². The highest BCUT2D eigenvalue weighted by atomic mass is 35.5. The third-order valence-corrected chi connectivity index (χ3v) is 7.76. The first kappa shape index (κ1) is 23.7. The molecule has 0 radical (unpaired) electrons. The lowest BCUT2D eigenvalue weighted by molar-refractivity contribution is -0.137. The van der Waals surface area contributed by atoms with Crippen molar-refractivity contribution in [1.29, 1.82) is 0 Å². The first-order valence-electron chi connectivity index (χ1n) is 10.5. The summed E-state index contributed by atoms with van der Waals surface area (Å²) in [4.78, 5) is 17.6. The number of carbonyl (C=O) groups excluding carboxylic acids is 1. The van der Waals surface area contributed by atoms with Crippen LogP contribution in [-0.2, 0) is 21.4 Å². The van der Waals surface area contributed by atoms with Crippen molar-refractivity contribution < 1.29 is 13.2 Å². The molecule has 0 spiro atoms. The van der Waals surface area contributed by atoms with Gasteiger partial charge in [-0.2, -0.15) is 4.31 Å². The van der Waals surface area contributed by atoms with Crippen LogP contribution in [0.15, 0.2) is 59.5 Å². The Morgan fingerprint density at radius 1 is 1.00 bits per heavy atom. The highest BCUT2D eigenvalue weighted by Crippen LogP contribution is 2.25. The molecule has 2 aromatic carbocycles. The van der Waals surface area contributed by atoms with Crippen molar-refractivity contribution in [3.8, 4) is 0 Å². The van der Waals surface area contributed by atoms with Crippen LogP contribution in [-0.4, -0.2) is 68.7 Å². The van der Waals surface area contributed by atoms with E-state index in [1.54, 1.807) is 30.3 Å². The molecule has 0 bridgehead atoms. The number of rotatable bonds is 8. The molecule has 2 aromatic rings. The summed E-state index contributed by atoms with van der Waals surface area (Å²) in [7, 11) is 0.452. The molecule has 1 heterocycles. The number of hydrogen-bond donors (Lipinski definition) is 0. The normalized spacial score (nSPS) is 15.9. The minimum atomic E-state index is -3.52. The van der Waals surface area contributed by atoms with Gasteiger partial charge in [-0.1, -0.05) is 41.9 Å². The monoisotopic (exact) mass is 463 g/mol. The van der Waals surface area contributed by atoms with Crippen molar-refractivity contribution in [2.75, 3.05) is 40.3 Å². The van der Waals surface area contributed by atoms with Gasteiger partial charge < -0.3 is 9.80 Å². The molecule has 1 fully saturated rings. The van der Waals surface area contributed by atoms with Gasteiger partial charge in [0.2, 0.25) is 15.9 Å². The largest absolute Gasteiger partial charge is 0.337 e. The highest BCUT2D eigenvalue weighted by Gasteiger charge is 2.33. The molecule has 0 unspecified atom stereocenters. The van der Waals surface area contributed by atoms with E-state index in [4.69, 9.17) is 11.6 Å². The number of piperidine rings is 1. The average molecular weight is 464 g/mol. The highest BCUT2D eigenvalue weighted by molar-refractivity contribution is 7.89. The molecule has 1 saturated heterocycles. The zero-order valence-electron chi connectivity index (χ0n) is 18.1. The van der Waals surface area contributed by atoms with Gasteiger partial charge in [-0.3, -0.25) is 4.79 Å². The van der Waals surface area contributed by atoms with E-state index in [-0.39, 0.29) is 11.8 Å². The second-order valence-corrected chi connectivity index (χ2v) is 10.6. The number of benzene rings is 2. The SMILES string of the molecule is CN(C)CCN(Cc1ccc(Cl)cc1)C(=O)C1CCN(S(=O)(=O)c2ccccc2)CC1. The predicted molar refractivity (Wildman–Crippen MR) is 123 cm³/mol. The van der Waals surface area contributed by atoms with E-state index < -0.39 is 10.0 Å². The summed E-state index contributed by atoms with van der Waals surface area (Å²) in [5.74, 6) is -0.0785. The summed E-state index contributed by atoms with van der Waals surface area (Å²) < 4.78 is 27.2. The molecule has 8 heteroatoms. The van der Waals surface area contributed by atoms with E-state index >= 15 is 0 Å². The minimum absolute atomic E-state index is 0.0913. The van der Waals surface area contributed by atoms with Crippen molar-refractivity contribution in [2.24, 2.45) is 5.92 Å². The summed E-state index contributed by atoms with van der Waals surface area (Å²) >= 11 is 5.99. The van der Waals surface area contributed by atoms with Crippen molar-refractivity contribution in [1.82, 2.24) is 14.1 Å². The second-order valence-electron chi connectivity index (χ2n) is 8.18. The summed E-state index contributed by atoms with van der Waals surface area (Å²) in [5, 5.41) is 0.668. The summed E-state index contributed by atoms with van der Waals surface area (Å²) in [5.41, 5.74) is 1.03. The fourth-order valence-corrected chi connectivity index (χ4v) is 5.36. The molecule has 168 valence electrons. The number of nitrogens with zero attached hydrogens (tertiary/aromatic N) is 3. The van der Waals surface area contributed by atoms with Crippen LogP contribution in [0.25, 0.3) is 0 Å². The fraction of sp³-hybridized carbons (Fsp3) is 0.435. The summed E-state index contributed by atoms with van der Waals surface area (Å²) in [6.45, 7) is 2.62. The molecule has 6 nitrogen and oxygen atoms in total. The number of halogens is 1. The molecule has 1 aliphatic rings. The van der Waals surface area contributed by atoms with Gasteiger partial charge in [-0.05, 0) is 56.8 Å². The van der Waals surface area contributed by atoms with Crippen LogP contribution in [0.3, 0.4) is 0 Å². The quantitative estimate of drug-likeness (QED) is 0.602. The van der Waals surface area contributed by atoms with E-state index in [0.717, 1.165) is 12.1 Å². The molecule has 0 aliphatic carbocycles. The van der Waals surface area contributed by atoms with Gasteiger partial charge in [0.15, 0.2) is 0 Å². The molecule has 0 aromatic heterocycles. The third kappa shape index (κ3) is 6.29. The Morgan fingerprint density at radius 3 is 2.19 bits per heavy atom. The average Bonchev–Trinajstić information content (AvgIpc) is 2.78. The zero-order chi connectivity index (χ0) is 22.4. The Kier molecular flexibility index (Phi) is 8.11. The number of sulfonamides is 1. The van der Waals surface area contributed by atoms with Crippen molar-refractivity contribution in [3.63, 3.8) is 0 Å². The summed E-state index contributed by atoms with van der Waals surface area (Å²) in [6.07, 6.45) is 1.06. The number of amides is 1. The molecule has 0 saturated carbocycles. The first-order chi connectivity index (χ1) is 14.8. The maximum Gasteiger partial charge on any atom is 0.243 e. The van der Waals surface area contributed by atoms with Crippen LogP contribution in [0.2, 0.25) is 5.02 Å². The van der Waals surface area contributed by atoms with Crippen molar-refractivity contribution >= 4 is 27.5 Å². The minimum Gasteiger partial charge on any atom is -0.337 e. The molecule has 31 heavy (non-hydrogen) atoms. The standard InChI is InChI=1S/C23H30ClN3O3S/c1-25(2)16-17-26(18-19-8-10-21(24)11-9-19)23(28)20-12-14-27(15-13-20)31(29,30)22-6-4-3-5-7-22/h3-11,20H,12-18H2,1-2H3. The molecule has 0 atom stereocenters. The van der Waals surface area contributed by atoms with Crippen LogP contribution in [0.5, 0.6) is 0 Å². The molecule has 1 aliphatic heterocycles. The van der Waals surface area contributed by atoms with Gasteiger partial charge in [0.1, 0.15) is 0 Å². The molecule has 3 rings (SSSR count). The maximum atomic E-state index is 13.3. The molecular formula is C23H30ClN3O3S. The van der Waals surface area contributed by atoms with E-state index in [1.165, 1.54) is 4.31 Å². The third-order valence-electron chi connectivity index (χ3n) is 5.60. The summed E-state index contributed by atoms with van der Waals surface area (Å²) in [6, 6.07) is 16.0. The van der Waals surface area contributed by atoms with Gasteiger partial charge in [0.05, 0.1) is 4.90 Å². The Morgan fingerprint density at radius 2 is 1.61 bits per heavy atom. The Labute approximate surface area is 190 Å². The number of likely N-dealkylation sites (N-methyl/N-ethyl adjacent to an activating group) is 1. The van der Waals surface area contributed by atoms with Gasteiger partial charge in [-0.25, -0.2) is 8.42 Å².